The third-order valence-electron chi connectivity index (χ3n) is 2.31. The number of carbonyl (C=O) groups is 3. The van der Waals surface area contributed by atoms with Crippen LogP contribution in [0.15, 0.2) is 0 Å². The molecule has 2 N–H and O–H groups in total. The minimum absolute atomic E-state index is 0.0592. The summed E-state index contributed by atoms with van der Waals surface area (Å²) in [6.45, 7) is 1.92. The number of rotatable bonds is 9. The SMILES string of the molecule is C#CCCC[C@H](NC(=O)CCC(=O)OCC)C(=O)O. The van der Waals surface area contributed by atoms with Crippen molar-refractivity contribution >= 4 is 17.8 Å². The van der Waals surface area contributed by atoms with Crippen molar-refractivity contribution in [1.82, 2.24) is 5.32 Å². The summed E-state index contributed by atoms with van der Waals surface area (Å²) in [5.74, 6) is 0.333. The van der Waals surface area contributed by atoms with Gasteiger partial charge in [0, 0.05) is 12.8 Å². The summed E-state index contributed by atoms with van der Waals surface area (Å²) in [6, 6.07) is -0.969. The molecule has 0 radical (unpaired) electrons. The first kappa shape index (κ1) is 17.0. The fourth-order valence-corrected chi connectivity index (χ4v) is 1.38. The highest BCUT2D eigenvalue weighted by molar-refractivity contribution is 5.85. The second-order valence-corrected chi connectivity index (χ2v) is 3.86. The van der Waals surface area contributed by atoms with E-state index in [1.807, 2.05) is 0 Å². The number of hydrogen-bond donors (Lipinski definition) is 2. The van der Waals surface area contributed by atoms with Gasteiger partial charge in [-0.3, -0.25) is 9.59 Å². The van der Waals surface area contributed by atoms with E-state index in [-0.39, 0.29) is 25.9 Å². The van der Waals surface area contributed by atoms with Gasteiger partial charge in [-0.15, -0.1) is 12.3 Å². The number of ether oxygens (including phenoxy) is 1. The summed E-state index contributed by atoms with van der Waals surface area (Å²) in [5.41, 5.74) is 0. The lowest BCUT2D eigenvalue weighted by Crippen LogP contribution is -2.40. The van der Waals surface area contributed by atoms with E-state index in [9.17, 15) is 14.4 Å². The Morgan fingerprint density at radius 1 is 1.37 bits per heavy atom. The quantitative estimate of drug-likeness (QED) is 0.365. The van der Waals surface area contributed by atoms with Crippen molar-refractivity contribution in [3.05, 3.63) is 0 Å². The Bertz CT molecular complexity index is 359. The standard InChI is InChI=1S/C13H19NO5/c1-3-5-6-7-10(13(17)18)14-11(15)8-9-12(16)19-4-2/h1,10H,4-9H2,2H3,(H,14,15)(H,17,18)/t10-/m0/s1. The average Bonchev–Trinajstić information content (AvgIpc) is 2.35. The van der Waals surface area contributed by atoms with E-state index < -0.39 is 23.9 Å². The number of carbonyl (C=O) groups excluding carboxylic acids is 2. The Hall–Kier alpha value is -2.03. The Labute approximate surface area is 112 Å². The van der Waals surface area contributed by atoms with Crippen molar-refractivity contribution in [2.75, 3.05) is 6.61 Å². The van der Waals surface area contributed by atoms with Gasteiger partial charge < -0.3 is 15.2 Å². The predicted molar refractivity (Wildman–Crippen MR) is 68.1 cm³/mol. The number of esters is 1. The molecule has 0 unspecified atom stereocenters. The van der Waals surface area contributed by atoms with Crippen LogP contribution in [-0.4, -0.2) is 35.6 Å². The first-order valence-corrected chi connectivity index (χ1v) is 6.12. The molecule has 1 amide bonds. The van der Waals surface area contributed by atoms with Gasteiger partial charge in [0.2, 0.25) is 5.91 Å². The zero-order valence-electron chi connectivity index (χ0n) is 11.0. The molecule has 6 nitrogen and oxygen atoms in total. The van der Waals surface area contributed by atoms with Gasteiger partial charge in [-0.05, 0) is 19.8 Å². The molecular weight excluding hydrogens is 250 g/mol. The number of amides is 1. The van der Waals surface area contributed by atoms with E-state index in [0.29, 0.717) is 12.8 Å². The summed E-state index contributed by atoms with van der Waals surface area (Å²) in [7, 11) is 0. The van der Waals surface area contributed by atoms with Crippen LogP contribution in [0.1, 0.15) is 39.0 Å². The molecule has 0 aromatic heterocycles. The maximum atomic E-state index is 11.5. The number of hydrogen-bond acceptors (Lipinski definition) is 4. The van der Waals surface area contributed by atoms with Crippen molar-refractivity contribution in [3.63, 3.8) is 0 Å². The molecule has 0 aromatic carbocycles. The van der Waals surface area contributed by atoms with Gasteiger partial charge in [-0.2, -0.15) is 0 Å². The molecular formula is C13H19NO5. The lowest BCUT2D eigenvalue weighted by molar-refractivity contribution is -0.145. The molecule has 0 saturated carbocycles. The number of terminal acetylenes is 1. The lowest BCUT2D eigenvalue weighted by atomic mass is 10.1. The molecule has 6 heteroatoms. The zero-order chi connectivity index (χ0) is 14.7. The molecule has 0 aliphatic carbocycles. The van der Waals surface area contributed by atoms with Crippen LogP contribution in [0.3, 0.4) is 0 Å². The van der Waals surface area contributed by atoms with E-state index in [0.717, 1.165) is 0 Å². The Kier molecular flexibility index (Phi) is 8.88. The van der Waals surface area contributed by atoms with Crippen LogP contribution in [0.4, 0.5) is 0 Å². The highest BCUT2D eigenvalue weighted by atomic mass is 16.5. The van der Waals surface area contributed by atoms with E-state index in [1.54, 1.807) is 6.92 Å². The highest BCUT2D eigenvalue weighted by Crippen LogP contribution is 2.02. The van der Waals surface area contributed by atoms with E-state index in [1.165, 1.54) is 0 Å². The van der Waals surface area contributed by atoms with Gasteiger partial charge in [0.15, 0.2) is 0 Å². The van der Waals surface area contributed by atoms with Gasteiger partial charge in [-0.25, -0.2) is 4.79 Å². The Morgan fingerprint density at radius 2 is 2.05 bits per heavy atom. The van der Waals surface area contributed by atoms with Crippen LogP contribution >= 0.6 is 0 Å². The number of aliphatic carboxylic acids is 1. The van der Waals surface area contributed by atoms with Crippen molar-refractivity contribution in [2.45, 2.75) is 45.1 Å². The second kappa shape index (κ2) is 9.95. The molecule has 0 spiro atoms. The number of carboxylic acids is 1. The lowest BCUT2D eigenvalue weighted by Gasteiger charge is -2.13. The maximum absolute atomic E-state index is 11.5. The van der Waals surface area contributed by atoms with Crippen molar-refractivity contribution < 1.29 is 24.2 Å². The predicted octanol–water partition coefficient (Wildman–Crippen LogP) is 0.703. The summed E-state index contributed by atoms with van der Waals surface area (Å²) in [6.07, 6.45) is 6.17. The molecule has 0 rings (SSSR count). The van der Waals surface area contributed by atoms with Crippen molar-refractivity contribution in [1.29, 1.82) is 0 Å². The molecule has 0 bridgehead atoms. The minimum atomic E-state index is -1.11. The third kappa shape index (κ3) is 8.66. The average molecular weight is 269 g/mol. The van der Waals surface area contributed by atoms with Gasteiger partial charge in [0.05, 0.1) is 13.0 Å². The molecule has 0 aromatic rings. The number of unbranched alkanes of at least 4 members (excludes halogenated alkanes) is 1. The van der Waals surface area contributed by atoms with Gasteiger partial charge in [0.25, 0.3) is 0 Å². The third-order valence-corrected chi connectivity index (χ3v) is 2.31. The fourth-order valence-electron chi connectivity index (χ4n) is 1.38. The fraction of sp³-hybridized carbons (Fsp3) is 0.615. The second-order valence-electron chi connectivity index (χ2n) is 3.86. The summed E-state index contributed by atoms with van der Waals surface area (Å²) < 4.78 is 4.67. The molecule has 1 atom stereocenters. The number of nitrogens with one attached hydrogen (secondary N) is 1. The van der Waals surface area contributed by atoms with Crippen molar-refractivity contribution in [3.8, 4) is 12.3 Å². The topological polar surface area (TPSA) is 92.7 Å². The van der Waals surface area contributed by atoms with E-state index in [4.69, 9.17) is 11.5 Å². The summed E-state index contributed by atoms with van der Waals surface area (Å²) >= 11 is 0. The smallest absolute Gasteiger partial charge is 0.326 e. The normalized spacial score (nSPS) is 11.2. The van der Waals surface area contributed by atoms with Crippen LogP contribution in [0.25, 0.3) is 0 Å². The summed E-state index contributed by atoms with van der Waals surface area (Å²) in [5, 5.41) is 11.3. The van der Waals surface area contributed by atoms with Crippen LogP contribution in [0.5, 0.6) is 0 Å². The Balaban J connectivity index is 4.07. The van der Waals surface area contributed by atoms with E-state index >= 15 is 0 Å². The van der Waals surface area contributed by atoms with Crippen LogP contribution in [-0.2, 0) is 19.1 Å². The van der Waals surface area contributed by atoms with Crippen LogP contribution in [0, 0.1) is 12.3 Å². The number of carboxylic acid groups (broad SMARTS) is 1. The van der Waals surface area contributed by atoms with Crippen LogP contribution in [0.2, 0.25) is 0 Å². The first-order valence-electron chi connectivity index (χ1n) is 6.12. The van der Waals surface area contributed by atoms with Gasteiger partial charge in [-0.1, -0.05) is 0 Å². The Morgan fingerprint density at radius 3 is 2.58 bits per heavy atom. The zero-order valence-corrected chi connectivity index (χ0v) is 11.0. The molecule has 0 fully saturated rings. The molecule has 0 saturated heterocycles. The minimum Gasteiger partial charge on any atom is -0.480 e. The monoisotopic (exact) mass is 269 g/mol. The van der Waals surface area contributed by atoms with Crippen LogP contribution < -0.4 is 5.32 Å². The molecule has 19 heavy (non-hydrogen) atoms. The largest absolute Gasteiger partial charge is 0.480 e. The maximum Gasteiger partial charge on any atom is 0.326 e. The molecule has 0 aliphatic rings. The molecule has 0 aliphatic heterocycles. The summed E-state index contributed by atoms with van der Waals surface area (Å²) in [4.78, 5) is 33.4. The van der Waals surface area contributed by atoms with Crippen molar-refractivity contribution in [2.24, 2.45) is 0 Å². The highest BCUT2D eigenvalue weighted by Gasteiger charge is 2.19. The molecule has 0 heterocycles. The first-order chi connectivity index (χ1) is 9.01. The van der Waals surface area contributed by atoms with Gasteiger partial charge >= 0.3 is 11.9 Å². The van der Waals surface area contributed by atoms with Gasteiger partial charge in [0.1, 0.15) is 6.04 Å². The van der Waals surface area contributed by atoms with E-state index in [2.05, 4.69) is 16.0 Å². The molecule has 106 valence electrons.